The van der Waals surface area contributed by atoms with Gasteiger partial charge < -0.3 is 4.74 Å². The van der Waals surface area contributed by atoms with Crippen LogP contribution in [0.4, 0.5) is 0 Å². The van der Waals surface area contributed by atoms with Gasteiger partial charge in [-0.05, 0) is 46.8 Å². The lowest BCUT2D eigenvalue weighted by Crippen LogP contribution is -2.32. The summed E-state index contributed by atoms with van der Waals surface area (Å²) < 4.78 is 6.71. The fraction of sp³-hybridized carbons (Fsp3) is 0.111. The van der Waals surface area contributed by atoms with Crippen LogP contribution in [0.1, 0.15) is 27.1 Å². The Hall–Kier alpha value is -3.88. The van der Waals surface area contributed by atoms with Gasteiger partial charge in [-0.1, -0.05) is 12.1 Å². The Morgan fingerprint density at radius 2 is 1.63 bits per heavy atom. The average Bonchev–Trinajstić information content (AvgIpc) is 3.30. The molecular weight excluding hydrogens is 350 g/mol. The van der Waals surface area contributed by atoms with Gasteiger partial charge in [0.1, 0.15) is 12.1 Å². The largest absolute Gasteiger partial charge is 0.426 e. The second-order valence-electron chi connectivity index (χ2n) is 5.78. The minimum Gasteiger partial charge on any atom is -0.426 e. The van der Waals surface area contributed by atoms with Gasteiger partial charge >= 0.3 is 5.97 Å². The summed E-state index contributed by atoms with van der Waals surface area (Å²) in [6.45, 7) is -0.0338. The number of carbonyl (C=O) groups excluding carboxylic acids is 3. The number of amides is 2. The van der Waals surface area contributed by atoms with Gasteiger partial charge in [-0.25, -0.2) is 4.68 Å². The molecule has 0 atom stereocenters. The highest BCUT2D eigenvalue weighted by molar-refractivity contribution is 6.21. The molecule has 0 N–H and O–H groups in total. The SMILES string of the molecule is O=C(CCN1C(=O)c2ccccc2C1=O)Oc1ccc(-n2cnnn2)cc1. The summed E-state index contributed by atoms with van der Waals surface area (Å²) in [5.74, 6) is -0.982. The lowest BCUT2D eigenvalue weighted by atomic mass is 10.1. The molecule has 1 aliphatic heterocycles. The Morgan fingerprint density at radius 1 is 0.963 bits per heavy atom. The average molecular weight is 363 g/mol. The molecule has 3 aromatic rings. The molecule has 2 aromatic carbocycles. The molecule has 27 heavy (non-hydrogen) atoms. The summed E-state index contributed by atoms with van der Waals surface area (Å²) in [6.07, 6.45) is 1.35. The Bertz CT molecular complexity index is 979. The Morgan fingerprint density at radius 3 is 2.22 bits per heavy atom. The van der Waals surface area contributed by atoms with E-state index in [1.54, 1.807) is 48.5 Å². The first-order valence-electron chi connectivity index (χ1n) is 8.13. The van der Waals surface area contributed by atoms with Gasteiger partial charge in [-0.15, -0.1) is 5.10 Å². The highest BCUT2D eigenvalue weighted by Crippen LogP contribution is 2.22. The number of benzene rings is 2. The van der Waals surface area contributed by atoms with Crippen molar-refractivity contribution in [2.24, 2.45) is 0 Å². The molecule has 0 saturated heterocycles. The van der Waals surface area contributed by atoms with E-state index >= 15 is 0 Å². The molecule has 2 heterocycles. The van der Waals surface area contributed by atoms with Crippen molar-refractivity contribution in [1.29, 1.82) is 0 Å². The number of rotatable bonds is 5. The van der Waals surface area contributed by atoms with E-state index < -0.39 is 17.8 Å². The van der Waals surface area contributed by atoms with Crippen molar-refractivity contribution in [3.8, 4) is 11.4 Å². The molecule has 0 radical (unpaired) electrons. The first kappa shape index (κ1) is 16.6. The van der Waals surface area contributed by atoms with E-state index in [1.165, 1.54) is 11.0 Å². The van der Waals surface area contributed by atoms with Crippen molar-refractivity contribution in [2.45, 2.75) is 6.42 Å². The Kier molecular flexibility index (Phi) is 4.17. The van der Waals surface area contributed by atoms with E-state index in [0.29, 0.717) is 22.6 Å². The van der Waals surface area contributed by atoms with Crippen LogP contribution < -0.4 is 4.74 Å². The van der Waals surface area contributed by atoms with Gasteiger partial charge in [0.2, 0.25) is 0 Å². The minimum absolute atomic E-state index is 0.0338. The third-order valence-electron chi connectivity index (χ3n) is 4.10. The first-order chi connectivity index (χ1) is 13.1. The monoisotopic (exact) mass is 363 g/mol. The van der Waals surface area contributed by atoms with Crippen LogP contribution in [-0.2, 0) is 4.79 Å². The van der Waals surface area contributed by atoms with E-state index in [0.717, 1.165) is 4.90 Å². The van der Waals surface area contributed by atoms with Crippen molar-refractivity contribution >= 4 is 17.8 Å². The van der Waals surface area contributed by atoms with Crippen LogP contribution in [0, 0.1) is 0 Å². The first-order valence-corrected chi connectivity index (χ1v) is 8.13. The van der Waals surface area contributed by atoms with Gasteiger partial charge in [0.25, 0.3) is 11.8 Å². The van der Waals surface area contributed by atoms with E-state index in [-0.39, 0.29) is 13.0 Å². The molecule has 0 fully saturated rings. The molecule has 2 amide bonds. The number of hydrogen-bond acceptors (Lipinski definition) is 7. The zero-order valence-corrected chi connectivity index (χ0v) is 14.0. The molecule has 1 aliphatic rings. The molecule has 0 spiro atoms. The van der Waals surface area contributed by atoms with Crippen LogP contribution in [0.5, 0.6) is 5.75 Å². The molecule has 4 rings (SSSR count). The Balaban J connectivity index is 1.35. The van der Waals surface area contributed by atoms with Gasteiger partial charge in [0.15, 0.2) is 0 Å². The van der Waals surface area contributed by atoms with E-state index in [1.807, 2.05) is 0 Å². The number of nitrogens with zero attached hydrogens (tertiary/aromatic N) is 5. The van der Waals surface area contributed by atoms with Crippen molar-refractivity contribution in [2.75, 3.05) is 6.54 Å². The van der Waals surface area contributed by atoms with E-state index in [9.17, 15) is 14.4 Å². The molecule has 134 valence electrons. The van der Waals surface area contributed by atoms with Gasteiger partial charge in [0, 0.05) is 6.54 Å². The number of fused-ring (bicyclic) bond motifs is 1. The molecule has 1 aromatic heterocycles. The molecule has 9 heteroatoms. The highest BCUT2D eigenvalue weighted by Gasteiger charge is 2.35. The van der Waals surface area contributed by atoms with Gasteiger partial charge in [-0.2, -0.15) is 0 Å². The summed E-state index contributed by atoms with van der Waals surface area (Å²) in [5, 5.41) is 10.9. The number of aromatic nitrogens is 4. The van der Waals surface area contributed by atoms with Crippen LogP contribution in [0.25, 0.3) is 5.69 Å². The minimum atomic E-state index is -0.540. The second-order valence-corrected chi connectivity index (χ2v) is 5.78. The molecule has 9 nitrogen and oxygen atoms in total. The number of imide groups is 1. The maximum Gasteiger partial charge on any atom is 0.312 e. The third-order valence-corrected chi connectivity index (χ3v) is 4.10. The van der Waals surface area contributed by atoms with Crippen LogP contribution in [0.2, 0.25) is 0 Å². The molecule has 0 aliphatic carbocycles. The molecular formula is C18H13N5O4. The maximum atomic E-state index is 12.3. The van der Waals surface area contributed by atoms with Crippen molar-refractivity contribution < 1.29 is 19.1 Å². The number of esters is 1. The Labute approximate surface area is 153 Å². The summed E-state index contributed by atoms with van der Waals surface area (Å²) in [4.78, 5) is 37.6. The van der Waals surface area contributed by atoms with Crippen LogP contribution in [0.15, 0.2) is 54.9 Å². The lowest BCUT2D eigenvalue weighted by molar-refractivity contribution is -0.134. The predicted octanol–water partition coefficient (Wildman–Crippen LogP) is 1.25. The summed E-state index contributed by atoms with van der Waals surface area (Å²) in [6, 6.07) is 13.2. The fourth-order valence-electron chi connectivity index (χ4n) is 2.77. The van der Waals surface area contributed by atoms with Crippen molar-refractivity contribution in [3.05, 3.63) is 66.0 Å². The number of carbonyl (C=O) groups is 3. The number of tetrazole rings is 1. The predicted molar refractivity (Wildman–Crippen MR) is 91.2 cm³/mol. The zero-order valence-electron chi connectivity index (χ0n) is 14.0. The number of ether oxygens (including phenoxy) is 1. The standard InChI is InChI=1S/C18H13N5O4/c24-16(27-13-7-5-12(6-8-13)23-11-19-20-21-23)9-10-22-17(25)14-3-1-2-4-15(14)18(22)26/h1-8,11H,9-10H2. The van der Waals surface area contributed by atoms with Crippen LogP contribution in [-0.4, -0.2) is 49.4 Å². The molecule has 0 unspecified atom stereocenters. The topological polar surface area (TPSA) is 107 Å². The molecule has 0 saturated carbocycles. The van der Waals surface area contributed by atoms with E-state index in [4.69, 9.17) is 4.74 Å². The van der Waals surface area contributed by atoms with Crippen LogP contribution >= 0.6 is 0 Å². The van der Waals surface area contributed by atoms with Gasteiger partial charge in [0.05, 0.1) is 23.2 Å². The number of hydrogen-bond donors (Lipinski definition) is 0. The van der Waals surface area contributed by atoms with Crippen LogP contribution in [0.3, 0.4) is 0 Å². The normalized spacial score (nSPS) is 13.0. The van der Waals surface area contributed by atoms with Crippen molar-refractivity contribution in [3.63, 3.8) is 0 Å². The van der Waals surface area contributed by atoms with Crippen molar-refractivity contribution in [1.82, 2.24) is 25.1 Å². The lowest BCUT2D eigenvalue weighted by Gasteiger charge is -2.13. The summed E-state index contributed by atoms with van der Waals surface area (Å²) in [7, 11) is 0. The second kappa shape index (κ2) is 6.79. The maximum absolute atomic E-state index is 12.3. The van der Waals surface area contributed by atoms with E-state index in [2.05, 4.69) is 15.5 Å². The zero-order chi connectivity index (χ0) is 18.8. The molecule has 0 bridgehead atoms. The quantitative estimate of drug-likeness (QED) is 0.381. The summed E-state index contributed by atoms with van der Waals surface area (Å²) in [5.41, 5.74) is 1.42. The highest BCUT2D eigenvalue weighted by atomic mass is 16.5. The third kappa shape index (κ3) is 3.17. The van der Waals surface area contributed by atoms with Gasteiger partial charge in [-0.3, -0.25) is 19.3 Å². The summed E-state index contributed by atoms with van der Waals surface area (Å²) >= 11 is 0. The fourth-order valence-corrected chi connectivity index (χ4v) is 2.77. The smallest absolute Gasteiger partial charge is 0.312 e.